The van der Waals surface area contributed by atoms with E-state index >= 15 is 0 Å². The van der Waals surface area contributed by atoms with Gasteiger partial charge in [0.15, 0.2) is 0 Å². The molecule has 0 saturated heterocycles. The summed E-state index contributed by atoms with van der Waals surface area (Å²) in [7, 11) is 1.90. The minimum absolute atomic E-state index is 0.156. The average Bonchev–Trinajstić information content (AvgIpc) is 2.30. The predicted molar refractivity (Wildman–Crippen MR) is 61.5 cm³/mol. The Morgan fingerprint density at radius 1 is 1.67 bits per heavy atom. The van der Waals surface area contributed by atoms with Crippen molar-refractivity contribution in [2.45, 2.75) is 37.8 Å². The smallest absolute Gasteiger partial charge is 0.0738 e. The lowest BCUT2D eigenvalue weighted by Crippen LogP contribution is -2.53. The molecule has 0 atom stereocenters. The van der Waals surface area contributed by atoms with Crippen LogP contribution in [0.5, 0.6) is 0 Å². The summed E-state index contributed by atoms with van der Waals surface area (Å²) in [5.74, 6) is 0. The number of hydrogen-bond donors (Lipinski definition) is 2. The van der Waals surface area contributed by atoms with E-state index < -0.39 is 5.60 Å². The van der Waals surface area contributed by atoms with Gasteiger partial charge < -0.3 is 10.8 Å². The average molecular weight is 274 g/mol. The first-order valence-corrected chi connectivity index (χ1v) is 5.86. The summed E-state index contributed by atoms with van der Waals surface area (Å²) in [6, 6.07) is 0.156. The number of hydrogen-bond acceptors (Lipinski definition) is 3. The molecule has 0 aromatic carbocycles. The van der Waals surface area contributed by atoms with Crippen molar-refractivity contribution in [1.29, 1.82) is 0 Å². The molecular formula is C10H16BrN3O. The van der Waals surface area contributed by atoms with Crippen molar-refractivity contribution in [2.24, 2.45) is 12.8 Å². The van der Waals surface area contributed by atoms with Gasteiger partial charge in [-0.25, -0.2) is 0 Å². The molecule has 15 heavy (non-hydrogen) atoms. The van der Waals surface area contributed by atoms with Crippen LogP contribution in [-0.4, -0.2) is 26.5 Å². The van der Waals surface area contributed by atoms with Gasteiger partial charge in [0.25, 0.3) is 0 Å². The molecule has 2 rings (SSSR count). The van der Waals surface area contributed by atoms with E-state index in [0.29, 0.717) is 19.3 Å². The zero-order chi connectivity index (χ0) is 11.2. The molecule has 1 aromatic heterocycles. The zero-order valence-electron chi connectivity index (χ0n) is 9.00. The highest BCUT2D eigenvalue weighted by Crippen LogP contribution is 2.36. The van der Waals surface area contributed by atoms with Crippen LogP contribution in [0.3, 0.4) is 0 Å². The third-order valence-electron chi connectivity index (χ3n) is 3.04. The van der Waals surface area contributed by atoms with Crippen LogP contribution in [0, 0.1) is 6.92 Å². The monoisotopic (exact) mass is 273 g/mol. The van der Waals surface area contributed by atoms with Crippen LogP contribution in [-0.2, 0) is 13.5 Å². The lowest BCUT2D eigenvalue weighted by molar-refractivity contribution is -0.0469. The minimum Gasteiger partial charge on any atom is -0.389 e. The van der Waals surface area contributed by atoms with Crippen LogP contribution in [0.1, 0.15) is 24.2 Å². The highest BCUT2D eigenvalue weighted by Gasteiger charge is 2.41. The maximum Gasteiger partial charge on any atom is 0.0738 e. The van der Waals surface area contributed by atoms with Crippen LogP contribution < -0.4 is 5.73 Å². The number of nitrogens with two attached hydrogens (primary N) is 1. The van der Waals surface area contributed by atoms with E-state index in [2.05, 4.69) is 21.0 Å². The summed E-state index contributed by atoms with van der Waals surface area (Å²) in [5, 5.41) is 14.4. The maximum absolute atomic E-state index is 10.2. The van der Waals surface area contributed by atoms with E-state index in [0.717, 1.165) is 15.9 Å². The minimum atomic E-state index is -0.623. The van der Waals surface area contributed by atoms with Crippen LogP contribution in [0.2, 0.25) is 0 Å². The summed E-state index contributed by atoms with van der Waals surface area (Å²) in [6.07, 6.45) is 1.99. The molecule has 1 aliphatic carbocycles. The van der Waals surface area contributed by atoms with Crippen LogP contribution in [0.15, 0.2) is 4.47 Å². The third-order valence-corrected chi connectivity index (χ3v) is 4.07. The fraction of sp³-hybridized carbons (Fsp3) is 0.700. The Kier molecular flexibility index (Phi) is 2.65. The molecule has 0 spiro atoms. The van der Waals surface area contributed by atoms with E-state index in [4.69, 9.17) is 5.73 Å². The molecule has 84 valence electrons. The normalized spacial score (nSPS) is 30.3. The molecule has 5 heteroatoms. The summed E-state index contributed by atoms with van der Waals surface area (Å²) in [6.45, 7) is 1.95. The Hall–Kier alpha value is -0.390. The van der Waals surface area contributed by atoms with Gasteiger partial charge in [-0.05, 0) is 35.7 Å². The first-order chi connectivity index (χ1) is 6.91. The molecule has 0 amide bonds. The molecule has 1 fully saturated rings. The van der Waals surface area contributed by atoms with Crippen LogP contribution in [0.25, 0.3) is 0 Å². The molecule has 1 aromatic rings. The Morgan fingerprint density at radius 2 is 2.27 bits per heavy atom. The van der Waals surface area contributed by atoms with E-state index in [9.17, 15) is 5.11 Å². The van der Waals surface area contributed by atoms with Crippen molar-refractivity contribution in [3.63, 3.8) is 0 Å². The number of halogens is 1. The van der Waals surface area contributed by atoms with Crippen molar-refractivity contribution in [3.8, 4) is 0 Å². The topological polar surface area (TPSA) is 64.1 Å². The molecule has 0 aliphatic heterocycles. The lowest BCUT2D eigenvalue weighted by atomic mass is 9.73. The molecule has 3 N–H and O–H groups in total. The summed E-state index contributed by atoms with van der Waals surface area (Å²) in [4.78, 5) is 0. The molecular weight excluding hydrogens is 258 g/mol. The molecule has 1 saturated carbocycles. The van der Waals surface area contributed by atoms with E-state index in [1.165, 1.54) is 0 Å². The SMILES string of the molecule is Cc1nn(C)c(CC2(O)CC(N)C2)c1Br. The van der Waals surface area contributed by atoms with Crippen molar-refractivity contribution < 1.29 is 5.11 Å². The van der Waals surface area contributed by atoms with Crippen LogP contribution in [0.4, 0.5) is 0 Å². The second-order valence-electron chi connectivity index (χ2n) is 4.54. The fourth-order valence-electron chi connectivity index (χ4n) is 2.24. The Morgan fingerprint density at radius 3 is 2.67 bits per heavy atom. The van der Waals surface area contributed by atoms with Gasteiger partial charge in [0, 0.05) is 19.5 Å². The zero-order valence-corrected chi connectivity index (χ0v) is 10.6. The van der Waals surface area contributed by atoms with Crippen molar-refractivity contribution in [2.75, 3.05) is 0 Å². The molecule has 1 aliphatic rings. The standard InChI is InChI=1S/C10H16BrN3O/c1-6-9(11)8(14(2)13-6)5-10(15)3-7(12)4-10/h7,15H,3-5,12H2,1-2H3. The number of aromatic nitrogens is 2. The van der Waals surface area contributed by atoms with Gasteiger partial charge in [0.2, 0.25) is 0 Å². The summed E-state index contributed by atoms with van der Waals surface area (Å²) < 4.78 is 2.82. The van der Waals surface area contributed by atoms with E-state index in [1.54, 1.807) is 0 Å². The number of rotatable bonds is 2. The van der Waals surface area contributed by atoms with Gasteiger partial charge in [-0.1, -0.05) is 0 Å². The van der Waals surface area contributed by atoms with Crippen molar-refractivity contribution in [1.82, 2.24) is 9.78 Å². The Bertz CT molecular complexity index is 382. The highest BCUT2D eigenvalue weighted by atomic mass is 79.9. The van der Waals surface area contributed by atoms with Crippen LogP contribution >= 0.6 is 15.9 Å². The lowest BCUT2D eigenvalue weighted by Gasteiger charge is -2.41. The summed E-state index contributed by atoms with van der Waals surface area (Å²) in [5.41, 5.74) is 7.07. The number of aryl methyl sites for hydroxylation is 2. The first kappa shape index (κ1) is 11.1. The largest absolute Gasteiger partial charge is 0.389 e. The second kappa shape index (κ2) is 3.57. The molecule has 0 bridgehead atoms. The van der Waals surface area contributed by atoms with E-state index in [1.807, 2.05) is 18.7 Å². The van der Waals surface area contributed by atoms with Gasteiger partial charge in [-0.2, -0.15) is 5.10 Å². The van der Waals surface area contributed by atoms with Gasteiger partial charge in [-0.3, -0.25) is 4.68 Å². The van der Waals surface area contributed by atoms with Gasteiger partial charge in [0.05, 0.1) is 21.5 Å². The van der Waals surface area contributed by atoms with Gasteiger partial charge in [-0.15, -0.1) is 0 Å². The van der Waals surface area contributed by atoms with Gasteiger partial charge in [0.1, 0.15) is 0 Å². The fourth-order valence-corrected chi connectivity index (χ4v) is 2.72. The quantitative estimate of drug-likeness (QED) is 0.841. The Balaban J connectivity index is 2.17. The molecule has 4 nitrogen and oxygen atoms in total. The van der Waals surface area contributed by atoms with Crippen molar-refractivity contribution in [3.05, 3.63) is 15.9 Å². The molecule has 1 heterocycles. The number of nitrogens with zero attached hydrogens (tertiary/aromatic N) is 2. The molecule has 0 radical (unpaired) electrons. The Labute approximate surface area is 97.6 Å². The van der Waals surface area contributed by atoms with Gasteiger partial charge >= 0.3 is 0 Å². The van der Waals surface area contributed by atoms with Crippen molar-refractivity contribution >= 4 is 15.9 Å². The number of aliphatic hydroxyl groups is 1. The maximum atomic E-state index is 10.2. The first-order valence-electron chi connectivity index (χ1n) is 5.07. The highest BCUT2D eigenvalue weighted by molar-refractivity contribution is 9.10. The summed E-state index contributed by atoms with van der Waals surface area (Å²) >= 11 is 3.50. The second-order valence-corrected chi connectivity index (χ2v) is 5.33. The predicted octanol–water partition coefficient (Wildman–Crippen LogP) is 0.886. The molecule has 0 unspecified atom stereocenters. The third kappa shape index (κ3) is 1.96. The van der Waals surface area contributed by atoms with E-state index in [-0.39, 0.29) is 6.04 Å².